The van der Waals surface area contributed by atoms with E-state index < -0.39 is 6.04 Å². The number of ether oxygens (including phenoxy) is 1. The molecule has 0 aliphatic carbocycles. The van der Waals surface area contributed by atoms with Gasteiger partial charge in [-0.05, 0) is 29.0 Å². The molecule has 0 aliphatic rings. The van der Waals surface area contributed by atoms with Crippen LogP contribution in [0.2, 0.25) is 0 Å². The zero-order chi connectivity index (χ0) is 18.4. The average molecular weight is 337 g/mol. The number of carbonyl (C=O) groups excluding carboxylic acids is 1. The van der Waals surface area contributed by atoms with Crippen LogP contribution in [-0.4, -0.2) is 5.97 Å². The molecule has 2 rings (SSSR count). The Bertz CT molecular complexity index is 712. The third-order valence-corrected chi connectivity index (χ3v) is 3.97. The van der Waals surface area contributed by atoms with Crippen molar-refractivity contribution in [1.29, 1.82) is 0 Å². The van der Waals surface area contributed by atoms with E-state index in [4.69, 9.17) is 4.74 Å². The van der Waals surface area contributed by atoms with Gasteiger partial charge < -0.3 is 4.74 Å². The summed E-state index contributed by atoms with van der Waals surface area (Å²) < 4.78 is 5.22. The smallest absolute Gasteiger partial charge is 0.332 e. The molecule has 0 aliphatic heterocycles. The highest BCUT2D eigenvalue weighted by atomic mass is 16.5. The van der Waals surface area contributed by atoms with E-state index in [-0.39, 0.29) is 11.4 Å². The monoisotopic (exact) mass is 337 g/mol. The Morgan fingerprint density at radius 1 is 1.08 bits per heavy atom. The molecule has 0 saturated carbocycles. The van der Waals surface area contributed by atoms with Crippen LogP contribution >= 0.6 is 0 Å². The topological polar surface area (TPSA) is 38.3 Å². The lowest BCUT2D eigenvalue weighted by atomic mass is 9.87. The van der Waals surface area contributed by atoms with Gasteiger partial charge in [-0.25, -0.2) is 4.79 Å². The fourth-order valence-electron chi connectivity index (χ4n) is 2.56. The van der Waals surface area contributed by atoms with Crippen LogP contribution in [0.15, 0.2) is 66.9 Å². The lowest BCUT2D eigenvalue weighted by Crippen LogP contribution is -2.29. The summed E-state index contributed by atoms with van der Waals surface area (Å²) in [6.45, 7) is 12.5. The molecule has 1 unspecified atom stereocenters. The molecule has 0 aromatic heterocycles. The Labute approximate surface area is 150 Å². The molecule has 0 spiro atoms. The molecule has 1 N–H and O–H groups in total. The van der Waals surface area contributed by atoms with E-state index in [9.17, 15) is 4.79 Å². The molecule has 0 saturated heterocycles. The summed E-state index contributed by atoms with van der Waals surface area (Å²) in [5.41, 5.74) is 3.42. The lowest BCUT2D eigenvalue weighted by molar-refractivity contribution is -0.142. The van der Waals surface area contributed by atoms with Crippen molar-refractivity contribution in [1.82, 2.24) is 5.32 Å². The summed E-state index contributed by atoms with van der Waals surface area (Å²) in [5.74, 6) is 0.0484. The molecule has 0 fully saturated rings. The second-order valence-electron chi connectivity index (χ2n) is 7.29. The SMILES string of the molecule is C=C(C)OC(=O)C(NCc1ccc(C(C)(C)C)cc1)c1ccccc1. The number of hydrogen-bond donors (Lipinski definition) is 1. The third kappa shape index (κ3) is 5.57. The van der Waals surface area contributed by atoms with E-state index >= 15 is 0 Å². The van der Waals surface area contributed by atoms with Gasteiger partial charge in [0.05, 0.1) is 5.76 Å². The summed E-state index contributed by atoms with van der Waals surface area (Å²) in [6.07, 6.45) is 0. The van der Waals surface area contributed by atoms with Gasteiger partial charge in [-0.1, -0.05) is 81.9 Å². The number of esters is 1. The third-order valence-electron chi connectivity index (χ3n) is 3.97. The van der Waals surface area contributed by atoms with Gasteiger partial charge >= 0.3 is 5.97 Å². The van der Waals surface area contributed by atoms with Gasteiger partial charge in [0.1, 0.15) is 6.04 Å². The summed E-state index contributed by atoms with van der Waals surface area (Å²) in [6, 6.07) is 17.5. The molecule has 25 heavy (non-hydrogen) atoms. The van der Waals surface area contributed by atoms with Gasteiger partial charge in [0.25, 0.3) is 0 Å². The minimum Gasteiger partial charge on any atom is -0.431 e. The molecular formula is C22H27NO2. The predicted octanol–water partition coefficient (Wildman–Crippen LogP) is 4.89. The van der Waals surface area contributed by atoms with E-state index in [2.05, 4.69) is 56.9 Å². The highest BCUT2D eigenvalue weighted by molar-refractivity contribution is 5.78. The van der Waals surface area contributed by atoms with E-state index in [0.717, 1.165) is 11.1 Å². The van der Waals surface area contributed by atoms with Crippen LogP contribution in [-0.2, 0) is 21.5 Å². The Morgan fingerprint density at radius 2 is 1.68 bits per heavy atom. The van der Waals surface area contributed by atoms with Crippen molar-refractivity contribution in [3.63, 3.8) is 0 Å². The van der Waals surface area contributed by atoms with Crippen LogP contribution in [0.5, 0.6) is 0 Å². The highest BCUT2D eigenvalue weighted by Gasteiger charge is 2.22. The Balaban J connectivity index is 2.12. The summed E-state index contributed by atoms with van der Waals surface area (Å²) in [7, 11) is 0. The zero-order valence-electron chi connectivity index (χ0n) is 15.5. The number of nitrogens with one attached hydrogen (secondary N) is 1. The van der Waals surface area contributed by atoms with Crippen molar-refractivity contribution in [2.45, 2.75) is 45.7 Å². The van der Waals surface area contributed by atoms with Crippen LogP contribution < -0.4 is 5.32 Å². The average Bonchev–Trinajstić information content (AvgIpc) is 2.55. The molecule has 1 atom stereocenters. The van der Waals surface area contributed by atoms with Crippen LogP contribution in [0.4, 0.5) is 0 Å². The van der Waals surface area contributed by atoms with E-state index in [1.165, 1.54) is 5.56 Å². The van der Waals surface area contributed by atoms with Crippen LogP contribution in [0, 0.1) is 0 Å². The Hall–Kier alpha value is -2.39. The molecule has 132 valence electrons. The van der Waals surface area contributed by atoms with Gasteiger partial charge in [0.15, 0.2) is 0 Å². The lowest BCUT2D eigenvalue weighted by Gasteiger charge is -2.20. The fourth-order valence-corrected chi connectivity index (χ4v) is 2.56. The molecule has 0 heterocycles. The second kappa shape index (κ2) is 8.13. The number of hydrogen-bond acceptors (Lipinski definition) is 3. The minimum atomic E-state index is -0.528. The Kier molecular flexibility index (Phi) is 6.16. The van der Waals surface area contributed by atoms with Crippen molar-refractivity contribution in [2.24, 2.45) is 0 Å². The maximum atomic E-state index is 12.4. The van der Waals surface area contributed by atoms with Crippen molar-refractivity contribution in [2.75, 3.05) is 0 Å². The summed E-state index contributed by atoms with van der Waals surface area (Å²) in [4.78, 5) is 12.4. The van der Waals surface area contributed by atoms with Crippen LogP contribution in [0.3, 0.4) is 0 Å². The standard InChI is InChI=1S/C22H27NO2/c1-16(2)25-21(24)20(18-9-7-6-8-10-18)23-15-17-11-13-19(14-12-17)22(3,4)5/h6-14,20,23H,1,15H2,2-5H3. The van der Waals surface area contributed by atoms with Crippen molar-refractivity contribution < 1.29 is 9.53 Å². The van der Waals surface area contributed by atoms with Crippen LogP contribution in [0.1, 0.15) is 50.4 Å². The minimum absolute atomic E-state index is 0.129. The number of allylic oxidation sites excluding steroid dienone is 1. The molecule has 0 bridgehead atoms. The van der Waals surface area contributed by atoms with E-state index in [1.807, 2.05) is 30.3 Å². The molecule has 2 aromatic rings. The highest BCUT2D eigenvalue weighted by Crippen LogP contribution is 2.22. The number of carbonyl (C=O) groups is 1. The summed E-state index contributed by atoms with van der Waals surface area (Å²) >= 11 is 0. The maximum absolute atomic E-state index is 12.4. The first-order chi connectivity index (χ1) is 11.8. The molecule has 3 nitrogen and oxygen atoms in total. The molecule has 0 amide bonds. The van der Waals surface area contributed by atoms with Gasteiger partial charge in [-0.2, -0.15) is 0 Å². The van der Waals surface area contributed by atoms with Gasteiger partial charge in [0, 0.05) is 6.54 Å². The molecular weight excluding hydrogens is 310 g/mol. The zero-order valence-corrected chi connectivity index (χ0v) is 15.5. The van der Waals surface area contributed by atoms with E-state index in [0.29, 0.717) is 12.3 Å². The van der Waals surface area contributed by atoms with Crippen molar-refractivity contribution in [3.8, 4) is 0 Å². The Morgan fingerprint density at radius 3 is 2.20 bits per heavy atom. The maximum Gasteiger partial charge on any atom is 0.332 e. The van der Waals surface area contributed by atoms with Crippen molar-refractivity contribution in [3.05, 3.63) is 83.6 Å². The first-order valence-electron chi connectivity index (χ1n) is 8.52. The van der Waals surface area contributed by atoms with Gasteiger partial charge in [-0.15, -0.1) is 0 Å². The largest absolute Gasteiger partial charge is 0.431 e. The predicted molar refractivity (Wildman–Crippen MR) is 102 cm³/mol. The quantitative estimate of drug-likeness (QED) is 0.602. The molecule has 3 heteroatoms. The second-order valence-corrected chi connectivity index (χ2v) is 7.29. The van der Waals surface area contributed by atoms with Gasteiger partial charge in [-0.3, -0.25) is 5.32 Å². The number of rotatable bonds is 6. The first-order valence-corrected chi connectivity index (χ1v) is 8.52. The van der Waals surface area contributed by atoms with Crippen molar-refractivity contribution >= 4 is 5.97 Å². The normalized spacial score (nSPS) is 12.5. The van der Waals surface area contributed by atoms with E-state index in [1.54, 1.807) is 6.92 Å². The first kappa shape index (κ1) is 18.9. The fraction of sp³-hybridized carbons (Fsp3) is 0.318. The van der Waals surface area contributed by atoms with Crippen LogP contribution in [0.25, 0.3) is 0 Å². The summed E-state index contributed by atoms with van der Waals surface area (Å²) in [5, 5.41) is 3.30. The molecule has 2 aromatic carbocycles. The number of benzene rings is 2. The van der Waals surface area contributed by atoms with Gasteiger partial charge in [0.2, 0.25) is 0 Å². The molecule has 0 radical (unpaired) electrons.